The molecule has 0 saturated carbocycles. The largest absolute Gasteiger partial charge is 0.321 e. The monoisotopic (exact) mass is 176 g/mol. The van der Waals surface area contributed by atoms with Gasteiger partial charge < -0.3 is 5.84 Å². The van der Waals surface area contributed by atoms with E-state index in [0.717, 1.165) is 4.79 Å². The van der Waals surface area contributed by atoms with Crippen LogP contribution in [0.1, 0.15) is 5.69 Å². The molecule has 2 N–H and O–H groups in total. The van der Waals surface area contributed by atoms with Crippen molar-refractivity contribution in [1.29, 1.82) is 0 Å². The molecule has 5 heteroatoms. The number of hydrogen-bond donors (Lipinski definition) is 1. The summed E-state index contributed by atoms with van der Waals surface area (Å²) in [4.78, 5) is 16.6. The maximum absolute atomic E-state index is 11.5. The number of nitrogens with zero attached hydrogens (tertiary/aromatic N) is 3. The molecule has 0 saturated heterocycles. The molecule has 0 aliphatic rings. The van der Waals surface area contributed by atoms with Crippen molar-refractivity contribution in [2.45, 2.75) is 6.92 Å². The van der Waals surface area contributed by atoms with Gasteiger partial charge in [0.1, 0.15) is 5.69 Å². The quantitative estimate of drug-likeness (QED) is 0.565. The minimum atomic E-state index is -0.121. The molecule has 0 aliphatic carbocycles. The molecule has 0 unspecified atom stereocenters. The molecule has 0 spiro atoms. The lowest BCUT2D eigenvalue weighted by molar-refractivity contribution is 0.796. The van der Waals surface area contributed by atoms with Crippen LogP contribution in [0.5, 0.6) is 0 Å². The highest BCUT2D eigenvalue weighted by atomic mass is 16.1. The minimum Gasteiger partial charge on any atom is -0.321 e. The fraction of sp³-hybridized carbons (Fsp3) is 0.125. The van der Waals surface area contributed by atoms with E-state index < -0.39 is 0 Å². The molecule has 0 fully saturated rings. The zero-order chi connectivity index (χ0) is 9.42. The van der Waals surface area contributed by atoms with Gasteiger partial charge in [-0.2, -0.15) is 9.89 Å². The van der Waals surface area contributed by atoms with Gasteiger partial charge in [0.2, 0.25) is 5.43 Å². The van der Waals surface area contributed by atoms with E-state index in [4.69, 9.17) is 5.84 Å². The van der Waals surface area contributed by atoms with E-state index in [0.29, 0.717) is 16.7 Å². The first-order valence-corrected chi connectivity index (χ1v) is 3.80. The third kappa shape index (κ3) is 1.05. The predicted octanol–water partition coefficient (Wildman–Crippen LogP) is -0.186. The second kappa shape index (κ2) is 2.55. The van der Waals surface area contributed by atoms with E-state index in [-0.39, 0.29) is 5.43 Å². The van der Waals surface area contributed by atoms with Gasteiger partial charge >= 0.3 is 0 Å². The molecular weight excluding hydrogens is 168 g/mol. The first kappa shape index (κ1) is 7.72. The van der Waals surface area contributed by atoms with Gasteiger partial charge in [0.15, 0.2) is 5.65 Å². The smallest absolute Gasteiger partial charge is 0.212 e. The van der Waals surface area contributed by atoms with E-state index in [1.54, 1.807) is 25.3 Å². The summed E-state index contributed by atoms with van der Waals surface area (Å²) in [6, 6.07) is 3.38. The Labute approximate surface area is 73.8 Å². The Kier molecular flexibility index (Phi) is 1.51. The molecule has 5 nitrogen and oxygen atoms in total. The van der Waals surface area contributed by atoms with Crippen LogP contribution in [-0.2, 0) is 0 Å². The van der Waals surface area contributed by atoms with Crippen LogP contribution in [0.4, 0.5) is 0 Å². The van der Waals surface area contributed by atoms with E-state index in [2.05, 4.69) is 10.1 Å². The lowest BCUT2D eigenvalue weighted by Gasteiger charge is -2.02. The maximum atomic E-state index is 11.5. The highest BCUT2D eigenvalue weighted by molar-refractivity contribution is 5.74. The molecule has 0 aliphatic heterocycles. The third-order valence-electron chi connectivity index (χ3n) is 1.83. The Morgan fingerprint density at radius 3 is 3.08 bits per heavy atom. The molecule has 0 atom stereocenters. The highest BCUT2D eigenvalue weighted by Crippen LogP contribution is 2.02. The number of aryl methyl sites for hydroxylation is 1. The van der Waals surface area contributed by atoms with Crippen molar-refractivity contribution in [3.8, 4) is 0 Å². The van der Waals surface area contributed by atoms with Crippen molar-refractivity contribution < 1.29 is 0 Å². The number of nitrogens with two attached hydrogens (primary N) is 1. The summed E-state index contributed by atoms with van der Waals surface area (Å²) in [5, 5.41) is 4.32. The number of nitrogen functional groups attached to an aromatic ring is 1. The van der Waals surface area contributed by atoms with Crippen LogP contribution in [0, 0.1) is 6.92 Å². The van der Waals surface area contributed by atoms with Crippen LogP contribution in [-0.4, -0.2) is 14.9 Å². The van der Waals surface area contributed by atoms with Crippen molar-refractivity contribution in [2.75, 3.05) is 5.84 Å². The number of pyridine rings is 1. The Morgan fingerprint density at radius 1 is 1.54 bits per heavy atom. The van der Waals surface area contributed by atoms with Crippen molar-refractivity contribution in [2.24, 2.45) is 0 Å². The summed E-state index contributed by atoms with van der Waals surface area (Å²) in [6.45, 7) is 1.62. The first-order valence-electron chi connectivity index (χ1n) is 3.80. The van der Waals surface area contributed by atoms with E-state index in [9.17, 15) is 4.79 Å². The van der Waals surface area contributed by atoms with Gasteiger partial charge in [0, 0.05) is 6.20 Å². The maximum Gasteiger partial charge on any atom is 0.212 e. The topological polar surface area (TPSA) is 73.8 Å². The van der Waals surface area contributed by atoms with Gasteiger partial charge in [-0.1, -0.05) is 0 Å². The lowest BCUT2D eigenvalue weighted by Crippen LogP contribution is -2.22. The normalized spacial score (nSPS) is 10.5. The molecule has 2 aromatic rings. The van der Waals surface area contributed by atoms with Crippen LogP contribution in [0.15, 0.2) is 23.1 Å². The summed E-state index contributed by atoms with van der Waals surface area (Å²) in [6.07, 6.45) is 1.57. The standard InChI is InChI=1S/C8H8N4O/c1-5-7(13)6-3-2-4-10-8(6)12(9)11-5/h2-4H,9H2,1H3. The summed E-state index contributed by atoms with van der Waals surface area (Å²) in [5.41, 5.74) is 0.658. The Morgan fingerprint density at radius 2 is 2.31 bits per heavy atom. The van der Waals surface area contributed by atoms with Crippen LogP contribution in [0.3, 0.4) is 0 Å². The zero-order valence-electron chi connectivity index (χ0n) is 7.06. The molecule has 2 rings (SSSR count). The number of aromatic nitrogens is 3. The predicted molar refractivity (Wildman–Crippen MR) is 48.7 cm³/mol. The Hall–Kier alpha value is -1.91. The highest BCUT2D eigenvalue weighted by Gasteiger charge is 2.05. The van der Waals surface area contributed by atoms with E-state index in [1.165, 1.54) is 0 Å². The molecule has 2 heterocycles. The molecule has 0 amide bonds. The summed E-state index contributed by atoms with van der Waals surface area (Å²) in [5.74, 6) is 5.53. The first-order chi connectivity index (χ1) is 6.20. The van der Waals surface area contributed by atoms with Crippen molar-refractivity contribution in [3.05, 3.63) is 34.2 Å². The Bertz CT molecular complexity index is 517. The van der Waals surface area contributed by atoms with Crippen LogP contribution >= 0.6 is 0 Å². The van der Waals surface area contributed by atoms with Crippen molar-refractivity contribution >= 4 is 11.0 Å². The van der Waals surface area contributed by atoms with Gasteiger partial charge in [-0.3, -0.25) is 4.79 Å². The average Bonchev–Trinajstić information content (AvgIpc) is 2.15. The molecule has 2 aromatic heterocycles. The second-order valence-corrected chi connectivity index (χ2v) is 2.73. The van der Waals surface area contributed by atoms with Crippen LogP contribution < -0.4 is 11.3 Å². The Balaban J connectivity index is 3.06. The molecule has 13 heavy (non-hydrogen) atoms. The van der Waals surface area contributed by atoms with Gasteiger partial charge in [-0.15, -0.1) is 0 Å². The van der Waals surface area contributed by atoms with E-state index in [1.807, 2.05) is 0 Å². The second-order valence-electron chi connectivity index (χ2n) is 2.73. The molecule has 0 radical (unpaired) electrons. The fourth-order valence-corrected chi connectivity index (χ4v) is 1.21. The number of hydrogen-bond acceptors (Lipinski definition) is 4. The van der Waals surface area contributed by atoms with Gasteiger partial charge in [-0.25, -0.2) is 4.98 Å². The molecular formula is C8H8N4O. The SMILES string of the molecule is Cc1nn(N)c2ncccc2c1=O. The minimum absolute atomic E-state index is 0.121. The molecule has 0 aromatic carbocycles. The average molecular weight is 176 g/mol. The third-order valence-corrected chi connectivity index (χ3v) is 1.83. The zero-order valence-corrected chi connectivity index (χ0v) is 7.06. The van der Waals surface area contributed by atoms with E-state index >= 15 is 0 Å². The van der Waals surface area contributed by atoms with Gasteiger partial charge in [0.25, 0.3) is 0 Å². The summed E-state index contributed by atoms with van der Waals surface area (Å²) < 4.78 is 0. The lowest BCUT2D eigenvalue weighted by atomic mass is 10.3. The fourth-order valence-electron chi connectivity index (χ4n) is 1.21. The summed E-state index contributed by atoms with van der Waals surface area (Å²) in [7, 11) is 0. The van der Waals surface area contributed by atoms with Crippen molar-refractivity contribution in [1.82, 2.24) is 14.9 Å². The van der Waals surface area contributed by atoms with Gasteiger partial charge in [0.05, 0.1) is 5.39 Å². The van der Waals surface area contributed by atoms with Crippen LogP contribution in [0.25, 0.3) is 11.0 Å². The van der Waals surface area contributed by atoms with Gasteiger partial charge in [-0.05, 0) is 19.1 Å². The summed E-state index contributed by atoms with van der Waals surface area (Å²) >= 11 is 0. The van der Waals surface area contributed by atoms with Crippen LogP contribution in [0.2, 0.25) is 0 Å². The molecule has 0 bridgehead atoms. The number of rotatable bonds is 0. The number of fused-ring (bicyclic) bond motifs is 1. The van der Waals surface area contributed by atoms with Crippen molar-refractivity contribution in [3.63, 3.8) is 0 Å². The molecule has 66 valence electrons.